The van der Waals surface area contributed by atoms with Crippen molar-refractivity contribution in [2.75, 3.05) is 19.8 Å². The normalized spacial score (nSPS) is 23.1. The third-order valence-corrected chi connectivity index (χ3v) is 3.94. The van der Waals surface area contributed by atoms with Crippen LogP contribution in [0.15, 0.2) is 0 Å². The molecule has 1 N–H and O–H groups in total. The summed E-state index contributed by atoms with van der Waals surface area (Å²) < 4.78 is 5.68. The van der Waals surface area contributed by atoms with E-state index in [0.29, 0.717) is 30.9 Å². The highest BCUT2D eigenvalue weighted by Crippen LogP contribution is 2.21. The van der Waals surface area contributed by atoms with Gasteiger partial charge in [0.15, 0.2) is 0 Å². The van der Waals surface area contributed by atoms with Crippen molar-refractivity contribution in [3.05, 3.63) is 0 Å². The zero-order valence-corrected chi connectivity index (χ0v) is 14.7. The minimum absolute atomic E-state index is 0.0203. The Morgan fingerprint density at radius 2 is 1.76 bits per heavy atom. The SMILES string of the molecule is CC(C)CCOCCN1C(=O)C(CC(C)C)NC1C(C)C. The Balaban J connectivity index is 2.46. The summed E-state index contributed by atoms with van der Waals surface area (Å²) in [6.45, 7) is 15.2. The molecule has 4 nitrogen and oxygen atoms in total. The Labute approximate surface area is 130 Å². The average molecular weight is 298 g/mol. The fraction of sp³-hybridized carbons (Fsp3) is 0.941. The lowest BCUT2D eigenvalue weighted by Crippen LogP contribution is -2.43. The van der Waals surface area contributed by atoms with Crippen LogP contribution in [0.4, 0.5) is 0 Å². The standard InChI is InChI=1S/C17H34N2O2/c1-12(2)7-9-21-10-8-19-16(14(5)6)18-15(17(19)20)11-13(3)4/h12-16,18H,7-11H2,1-6H3. The fourth-order valence-corrected chi connectivity index (χ4v) is 2.73. The first-order valence-electron chi connectivity index (χ1n) is 8.47. The molecule has 0 saturated carbocycles. The van der Waals surface area contributed by atoms with Gasteiger partial charge in [-0.15, -0.1) is 0 Å². The van der Waals surface area contributed by atoms with Crippen LogP contribution in [0.25, 0.3) is 0 Å². The molecular formula is C17H34N2O2. The molecule has 1 saturated heterocycles. The summed E-state index contributed by atoms with van der Waals surface area (Å²) in [4.78, 5) is 14.5. The van der Waals surface area contributed by atoms with Crippen molar-refractivity contribution in [1.82, 2.24) is 10.2 Å². The van der Waals surface area contributed by atoms with Crippen molar-refractivity contribution in [2.45, 2.75) is 66.6 Å². The molecule has 0 aromatic heterocycles. The van der Waals surface area contributed by atoms with Crippen LogP contribution in [0.3, 0.4) is 0 Å². The van der Waals surface area contributed by atoms with Crippen LogP contribution in [-0.2, 0) is 9.53 Å². The molecule has 1 amide bonds. The third kappa shape index (κ3) is 5.95. The van der Waals surface area contributed by atoms with Gasteiger partial charge >= 0.3 is 0 Å². The largest absolute Gasteiger partial charge is 0.380 e. The van der Waals surface area contributed by atoms with Gasteiger partial charge < -0.3 is 9.64 Å². The van der Waals surface area contributed by atoms with Gasteiger partial charge in [-0.3, -0.25) is 10.1 Å². The molecule has 1 heterocycles. The maximum atomic E-state index is 12.5. The molecule has 0 bridgehead atoms. The van der Waals surface area contributed by atoms with Gasteiger partial charge in [0, 0.05) is 13.2 Å². The van der Waals surface area contributed by atoms with Gasteiger partial charge in [0.05, 0.1) is 18.8 Å². The van der Waals surface area contributed by atoms with Crippen molar-refractivity contribution in [2.24, 2.45) is 17.8 Å². The number of hydrogen-bond acceptors (Lipinski definition) is 3. The van der Waals surface area contributed by atoms with Crippen molar-refractivity contribution >= 4 is 5.91 Å². The van der Waals surface area contributed by atoms with E-state index in [-0.39, 0.29) is 18.1 Å². The highest BCUT2D eigenvalue weighted by atomic mass is 16.5. The monoisotopic (exact) mass is 298 g/mol. The van der Waals surface area contributed by atoms with Gasteiger partial charge in [0.25, 0.3) is 0 Å². The number of hydrogen-bond donors (Lipinski definition) is 1. The molecule has 4 heteroatoms. The highest BCUT2D eigenvalue weighted by molar-refractivity contribution is 5.84. The molecule has 0 spiro atoms. The molecular weight excluding hydrogens is 264 g/mol. The lowest BCUT2D eigenvalue weighted by atomic mass is 10.0. The molecule has 1 aliphatic heterocycles. The number of ether oxygens (including phenoxy) is 1. The molecule has 124 valence electrons. The fourth-order valence-electron chi connectivity index (χ4n) is 2.73. The van der Waals surface area contributed by atoms with E-state index >= 15 is 0 Å². The molecule has 1 aliphatic rings. The number of nitrogens with zero attached hydrogens (tertiary/aromatic N) is 1. The molecule has 0 aromatic carbocycles. The predicted octanol–water partition coefficient (Wildman–Crippen LogP) is 2.88. The number of carbonyl (C=O) groups excluding carboxylic acids is 1. The van der Waals surface area contributed by atoms with E-state index in [0.717, 1.165) is 19.4 Å². The van der Waals surface area contributed by atoms with Crippen LogP contribution in [0.5, 0.6) is 0 Å². The molecule has 0 radical (unpaired) electrons. The zero-order chi connectivity index (χ0) is 16.0. The van der Waals surface area contributed by atoms with E-state index in [4.69, 9.17) is 4.74 Å². The number of nitrogens with one attached hydrogen (secondary N) is 1. The van der Waals surface area contributed by atoms with Crippen LogP contribution >= 0.6 is 0 Å². The number of amides is 1. The lowest BCUT2D eigenvalue weighted by molar-refractivity contribution is -0.131. The average Bonchev–Trinajstić information content (AvgIpc) is 2.66. The minimum Gasteiger partial charge on any atom is -0.380 e. The Bertz CT molecular complexity index is 316. The van der Waals surface area contributed by atoms with Crippen LogP contribution in [0.2, 0.25) is 0 Å². The number of rotatable bonds is 9. The molecule has 1 rings (SSSR count). The predicted molar refractivity (Wildman–Crippen MR) is 87.0 cm³/mol. The van der Waals surface area contributed by atoms with Gasteiger partial charge in [-0.1, -0.05) is 41.5 Å². The molecule has 0 aliphatic carbocycles. The van der Waals surface area contributed by atoms with E-state index in [1.807, 2.05) is 4.90 Å². The second-order valence-electron chi connectivity index (χ2n) is 7.36. The quantitative estimate of drug-likeness (QED) is 0.666. The summed E-state index contributed by atoms with van der Waals surface area (Å²) in [5, 5.41) is 3.50. The second-order valence-corrected chi connectivity index (χ2v) is 7.36. The van der Waals surface area contributed by atoms with E-state index in [2.05, 4.69) is 46.9 Å². The maximum Gasteiger partial charge on any atom is 0.241 e. The summed E-state index contributed by atoms with van der Waals surface area (Å²) >= 11 is 0. The van der Waals surface area contributed by atoms with E-state index in [9.17, 15) is 4.79 Å². The maximum absolute atomic E-state index is 12.5. The Morgan fingerprint density at radius 1 is 1.10 bits per heavy atom. The Hall–Kier alpha value is -0.610. The first-order valence-corrected chi connectivity index (χ1v) is 8.47. The third-order valence-electron chi connectivity index (χ3n) is 3.94. The van der Waals surface area contributed by atoms with Crippen molar-refractivity contribution in [3.8, 4) is 0 Å². The molecule has 2 unspecified atom stereocenters. The van der Waals surface area contributed by atoms with E-state index in [1.165, 1.54) is 0 Å². The summed E-state index contributed by atoms with van der Waals surface area (Å²) in [6, 6.07) is -0.0203. The van der Waals surface area contributed by atoms with Gasteiger partial charge in [0.1, 0.15) is 0 Å². The van der Waals surface area contributed by atoms with Gasteiger partial charge in [-0.2, -0.15) is 0 Å². The summed E-state index contributed by atoms with van der Waals surface area (Å²) in [7, 11) is 0. The minimum atomic E-state index is -0.0203. The first kappa shape index (κ1) is 18.4. The Morgan fingerprint density at radius 3 is 2.29 bits per heavy atom. The van der Waals surface area contributed by atoms with Gasteiger partial charge in [-0.25, -0.2) is 0 Å². The van der Waals surface area contributed by atoms with Crippen molar-refractivity contribution in [3.63, 3.8) is 0 Å². The molecule has 2 atom stereocenters. The molecule has 1 fully saturated rings. The molecule has 0 aromatic rings. The van der Waals surface area contributed by atoms with Crippen LogP contribution in [-0.4, -0.2) is 42.8 Å². The van der Waals surface area contributed by atoms with Crippen molar-refractivity contribution < 1.29 is 9.53 Å². The zero-order valence-electron chi connectivity index (χ0n) is 14.7. The summed E-state index contributed by atoms with van der Waals surface area (Å²) in [5.74, 6) is 1.86. The van der Waals surface area contributed by atoms with Crippen LogP contribution in [0, 0.1) is 17.8 Å². The smallest absolute Gasteiger partial charge is 0.241 e. The van der Waals surface area contributed by atoms with Gasteiger partial charge in [-0.05, 0) is 30.6 Å². The summed E-state index contributed by atoms with van der Waals surface area (Å²) in [5.41, 5.74) is 0. The lowest BCUT2D eigenvalue weighted by Gasteiger charge is -2.27. The first-order chi connectivity index (χ1) is 9.82. The topological polar surface area (TPSA) is 41.6 Å². The number of carbonyl (C=O) groups is 1. The molecule has 21 heavy (non-hydrogen) atoms. The summed E-state index contributed by atoms with van der Waals surface area (Å²) in [6.07, 6.45) is 2.14. The van der Waals surface area contributed by atoms with Gasteiger partial charge in [0.2, 0.25) is 5.91 Å². The van der Waals surface area contributed by atoms with E-state index < -0.39 is 0 Å². The van der Waals surface area contributed by atoms with E-state index in [1.54, 1.807) is 0 Å². The van der Waals surface area contributed by atoms with Crippen LogP contribution in [0.1, 0.15) is 54.4 Å². The Kier molecular flexibility index (Phi) is 7.67. The highest BCUT2D eigenvalue weighted by Gasteiger charge is 2.39. The second kappa shape index (κ2) is 8.74. The van der Waals surface area contributed by atoms with Crippen LogP contribution < -0.4 is 5.32 Å². The van der Waals surface area contributed by atoms with Crippen molar-refractivity contribution in [1.29, 1.82) is 0 Å².